The average molecular weight is 335 g/mol. The Bertz CT molecular complexity index is 550. The van der Waals surface area contributed by atoms with Crippen molar-refractivity contribution >= 4 is 37.5 Å². The number of hydrogen-bond donors (Lipinski definition) is 2. The predicted octanol–water partition coefficient (Wildman–Crippen LogP) is 1.71. The Balaban J connectivity index is 3.01. The molecule has 1 amide bonds. The second-order valence-corrected chi connectivity index (χ2v) is 8.03. The van der Waals surface area contributed by atoms with Gasteiger partial charge in [0.05, 0.1) is 9.22 Å². The monoisotopic (exact) mass is 334 g/mol. The number of carbonyl (C=O) groups is 1. The number of halogens is 1. The molecule has 1 aromatic carbocycles. The van der Waals surface area contributed by atoms with Crippen LogP contribution in [0.5, 0.6) is 0 Å². The molecule has 0 aromatic heterocycles. The number of benzene rings is 1. The number of nitrogens with one attached hydrogen (secondary N) is 2. The van der Waals surface area contributed by atoms with E-state index in [1.54, 1.807) is 26.0 Å². The first kappa shape index (κ1) is 15.1. The topological polar surface area (TPSA) is 75.3 Å². The standard InChI is InChI=1S/C11H15BrN2O3S/c1-11(2,12)10(15)14-8-5-4-6-9(7-8)18(16,17)13-3/h4-7,13H,1-3H3,(H,14,15). The van der Waals surface area contributed by atoms with Gasteiger partial charge in [0.15, 0.2) is 0 Å². The molecule has 0 saturated carbocycles. The third-order valence-corrected chi connectivity index (χ3v) is 3.98. The summed E-state index contributed by atoms with van der Waals surface area (Å²) >= 11 is 3.23. The molecule has 0 heterocycles. The maximum atomic E-state index is 11.7. The largest absolute Gasteiger partial charge is 0.325 e. The fraction of sp³-hybridized carbons (Fsp3) is 0.364. The van der Waals surface area contributed by atoms with Gasteiger partial charge in [-0.3, -0.25) is 4.79 Å². The molecule has 1 aromatic rings. The zero-order chi connectivity index (χ0) is 14.0. The van der Waals surface area contributed by atoms with Crippen molar-refractivity contribution in [2.45, 2.75) is 23.1 Å². The second-order valence-electron chi connectivity index (χ2n) is 4.16. The lowest BCUT2D eigenvalue weighted by atomic mass is 10.2. The van der Waals surface area contributed by atoms with Crippen LogP contribution >= 0.6 is 15.9 Å². The Labute approximate surface area is 115 Å². The van der Waals surface area contributed by atoms with Crippen molar-refractivity contribution in [3.05, 3.63) is 24.3 Å². The smallest absolute Gasteiger partial charge is 0.240 e. The zero-order valence-electron chi connectivity index (χ0n) is 10.3. The summed E-state index contributed by atoms with van der Waals surface area (Å²) in [6.45, 7) is 3.41. The van der Waals surface area contributed by atoms with Crippen LogP contribution in [0.15, 0.2) is 29.2 Å². The van der Waals surface area contributed by atoms with Crippen LogP contribution in [-0.4, -0.2) is 25.7 Å². The summed E-state index contributed by atoms with van der Waals surface area (Å²) in [6.07, 6.45) is 0. The number of hydrogen-bond acceptors (Lipinski definition) is 3. The molecule has 18 heavy (non-hydrogen) atoms. The molecule has 0 aliphatic carbocycles. The van der Waals surface area contributed by atoms with Crippen molar-refractivity contribution in [3.63, 3.8) is 0 Å². The molecular weight excluding hydrogens is 320 g/mol. The Morgan fingerprint density at radius 3 is 2.44 bits per heavy atom. The van der Waals surface area contributed by atoms with Gasteiger partial charge in [-0.1, -0.05) is 22.0 Å². The van der Waals surface area contributed by atoms with Crippen molar-refractivity contribution in [1.29, 1.82) is 0 Å². The highest BCUT2D eigenvalue weighted by Gasteiger charge is 2.23. The molecule has 2 N–H and O–H groups in total. The van der Waals surface area contributed by atoms with E-state index in [0.29, 0.717) is 5.69 Å². The van der Waals surface area contributed by atoms with Crippen LogP contribution in [0.3, 0.4) is 0 Å². The zero-order valence-corrected chi connectivity index (χ0v) is 12.7. The molecule has 0 bridgehead atoms. The molecule has 0 aliphatic heterocycles. The van der Waals surface area contributed by atoms with Gasteiger partial charge in [-0.15, -0.1) is 0 Å². The average Bonchev–Trinajstić information content (AvgIpc) is 2.28. The molecule has 100 valence electrons. The molecule has 0 radical (unpaired) electrons. The van der Waals surface area contributed by atoms with E-state index in [1.807, 2.05) is 0 Å². The SMILES string of the molecule is CNS(=O)(=O)c1cccc(NC(=O)C(C)(C)Br)c1. The molecule has 0 spiro atoms. The number of rotatable bonds is 4. The first-order chi connectivity index (χ1) is 8.16. The highest BCUT2D eigenvalue weighted by atomic mass is 79.9. The van der Waals surface area contributed by atoms with Gasteiger partial charge < -0.3 is 5.32 Å². The van der Waals surface area contributed by atoms with Crippen LogP contribution in [0.1, 0.15) is 13.8 Å². The second kappa shape index (κ2) is 5.38. The van der Waals surface area contributed by atoms with Crippen molar-refractivity contribution in [1.82, 2.24) is 4.72 Å². The van der Waals surface area contributed by atoms with E-state index in [-0.39, 0.29) is 10.8 Å². The summed E-state index contributed by atoms with van der Waals surface area (Å²) in [5.74, 6) is -0.249. The fourth-order valence-electron chi connectivity index (χ4n) is 1.14. The third kappa shape index (κ3) is 3.79. The summed E-state index contributed by atoms with van der Waals surface area (Å²) in [6, 6.07) is 6.07. The van der Waals surface area contributed by atoms with Gasteiger partial charge in [0, 0.05) is 5.69 Å². The van der Waals surface area contributed by atoms with Crippen molar-refractivity contribution in [2.75, 3.05) is 12.4 Å². The van der Waals surface area contributed by atoms with E-state index in [9.17, 15) is 13.2 Å². The Hall–Kier alpha value is -0.920. The molecule has 0 unspecified atom stereocenters. The fourth-order valence-corrected chi connectivity index (χ4v) is 2.01. The van der Waals surface area contributed by atoms with E-state index >= 15 is 0 Å². The van der Waals surface area contributed by atoms with E-state index in [1.165, 1.54) is 19.2 Å². The van der Waals surface area contributed by atoms with E-state index in [2.05, 4.69) is 26.0 Å². The van der Waals surface area contributed by atoms with Crippen LogP contribution in [0, 0.1) is 0 Å². The highest BCUT2D eigenvalue weighted by molar-refractivity contribution is 9.10. The molecule has 0 fully saturated rings. The van der Waals surface area contributed by atoms with E-state index in [0.717, 1.165) is 0 Å². The molecule has 0 aliphatic rings. The Morgan fingerprint density at radius 1 is 1.33 bits per heavy atom. The predicted molar refractivity (Wildman–Crippen MR) is 74.3 cm³/mol. The minimum absolute atomic E-state index is 0.107. The van der Waals surface area contributed by atoms with Crippen LogP contribution in [0.25, 0.3) is 0 Å². The Kier molecular flexibility index (Phi) is 4.52. The minimum Gasteiger partial charge on any atom is -0.325 e. The lowest BCUT2D eigenvalue weighted by molar-refractivity contribution is -0.117. The van der Waals surface area contributed by atoms with Crippen LogP contribution in [-0.2, 0) is 14.8 Å². The van der Waals surface area contributed by atoms with Crippen LogP contribution < -0.4 is 10.0 Å². The van der Waals surface area contributed by atoms with Gasteiger partial charge in [0.25, 0.3) is 0 Å². The molecular formula is C11H15BrN2O3S. The normalized spacial score (nSPS) is 12.2. The highest BCUT2D eigenvalue weighted by Crippen LogP contribution is 2.20. The first-order valence-electron chi connectivity index (χ1n) is 5.21. The van der Waals surface area contributed by atoms with E-state index < -0.39 is 14.3 Å². The van der Waals surface area contributed by atoms with E-state index in [4.69, 9.17) is 0 Å². The molecule has 5 nitrogen and oxygen atoms in total. The van der Waals surface area contributed by atoms with Crippen LogP contribution in [0.2, 0.25) is 0 Å². The minimum atomic E-state index is -3.50. The summed E-state index contributed by atoms with van der Waals surface area (Å²) in [4.78, 5) is 11.8. The molecule has 0 atom stereocenters. The number of carbonyl (C=O) groups excluding carboxylic acids is 1. The number of amides is 1. The van der Waals surface area contributed by atoms with Gasteiger partial charge in [-0.25, -0.2) is 13.1 Å². The number of sulfonamides is 1. The summed E-state index contributed by atoms with van der Waals surface area (Å²) in [5, 5.41) is 2.64. The first-order valence-corrected chi connectivity index (χ1v) is 7.48. The lowest BCUT2D eigenvalue weighted by Crippen LogP contribution is -2.31. The lowest BCUT2D eigenvalue weighted by Gasteiger charge is -2.16. The van der Waals surface area contributed by atoms with Crippen molar-refractivity contribution in [2.24, 2.45) is 0 Å². The summed E-state index contributed by atoms with van der Waals surface area (Å²) in [5.41, 5.74) is 0.434. The molecule has 0 saturated heterocycles. The summed E-state index contributed by atoms with van der Waals surface area (Å²) < 4.78 is 24.7. The third-order valence-electron chi connectivity index (χ3n) is 2.21. The number of alkyl halides is 1. The molecule has 7 heteroatoms. The number of anilines is 1. The molecule has 1 rings (SSSR count). The van der Waals surface area contributed by atoms with Crippen molar-refractivity contribution < 1.29 is 13.2 Å². The van der Waals surface area contributed by atoms with Crippen LogP contribution in [0.4, 0.5) is 5.69 Å². The van der Waals surface area contributed by atoms with Gasteiger partial charge in [-0.2, -0.15) is 0 Å². The maximum absolute atomic E-state index is 11.7. The van der Waals surface area contributed by atoms with Gasteiger partial charge >= 0.3 is 0 Å². The quantitative estimate of drug-likeness (QED) is 0.823. The van der Waals surface area contributed by atoms with Gasteiger partial charge in [-0.05, 0) is 39.1 Å². The van der Waals surface area contributed by atoms with Gasteiger partial charge in [0.1, 0.15) is 0 Å². The van der Waals surface area contributed by atoms with Gasteiger partial charge in [0.2, 0.25) is 15.9 Å². The Morgan fingerprint density at radius 2 is 1.94 bits per heavy atom. The van der Waals surface area contributed by atoms with Crippen molar-refractivity contribution in [3.8, 4) is 0 Å². The maximum Gasteiger partial charge on any atom is 0.240 e. The summed E-state index contributed by atoms with van der Waals surface area (Å²) in [7, 11) is -2.17.